The van der Waals surface area contributed by atoms with Gasteiger partial charge in [-0.15, -0.1) is 0 Å². The summed E-state index contributed by atoms with van der Waals surface area (Å²) in [5.41, 5.74) is 2.08. The van der Waals surface area contributed by atoms with Crippen LogP contribution in [0.15, 0.2) is 89.8 Å². The standard InChI is InChI=1S/C25H23N3O5S2/c1-17-10-11-19(16-24(17)27-34(2,30)31)25(29)26-20-12-14-21(15-13-20)35(32,33)28-23-9-5-7-18-6-3-4-8-22(18)23/h3-16,27-28H,1-2H3,(H,26,29). The van der Waals surface area contributed by atoms with Gasteiger partial charge in [0.05, 0.1) is 22.5 Å². The molecule has 0 aromatic heterocycles. The van der Waals surface area contributed by atoms with Crippen LogP contribution in [0.25, 0.3) is 10.8 Å². The van der Waals surface area contributed by atoms with Gasteiger partial charge in [-0.25, -0.2) is 16.8 Å². The van der Waals surface area contributed by atoms with E-state index in [0.29, 0.717) is 22.6 Å². The van der Waals surface area contributed by atoms with Crippen LogP contribution >= 0.6 is 0 Å². The zero-order valence-corrected chi connectivity index (χ0v) is 20.6. The van der Waals surface area contributed by atoms with Crippen LogP contribution in [0.1, 0.15) is 15.9 Å². The van der Waals surface area contributed by atoms with Crippen LogP contribution in [-0.2, 0) is 20.0 Å². The van der Waals surface area contributed by atoms with Gasteiger partial charge in [0, 0.05) is 16.6 Å². The van der Waals surface area contributed by atoms with E-state index in [4.69, 9.17) is 0 Å². The molecule has 0 saturated heterocycles. The molecule has 0 fully saturated rings. The number of carbonyl (C=O) groups is 1. The van der Waals surface area contributed by atoms with E-state index in [0.717, 1.165) is 17.0 Å². The Balaban J connectivity index is 1.51. The molecule has 35 heavy (non-hydrogen) atoms. The highest BCUT2D eigenvalue weighted by atomic mass is 32.2. The Labute approximate surface area is 204 Å². The second-order valence-electron chi connectivity index (χ2n) is 8.01. The van der Waals surface area contributed by atoms with E-state index in [-0.39, 0.29) is 10.5 Å². The highest BCUT2D eigenvalue weighted by molar-refractivity contribution is 7.92. The van der Waals surface area contributed by atoms with Gasteiger partial charge in [0.2, 0.25) is 10.0 Å². The Bertz CT molecular complexity index is 1630. The van der Waals surface area contributed by atoms with Gasteiger partial charge in [-0.05, 0) is 60.3 Å². The predicted molar refractivity (Wildman–Crippen MR) is 139 cm³/mol. The fourth-order valence-corrected chi connectivity index (χ4v) is 5.21. The van der Waals surface area contributed by atoms with E-state index >= 15 is 0 Å². The number of carbonyl (C=O) groups excluding carboxylic acids is 1. The number of amides is 1. The van der Waals surface area contributed by atoms with Crippen molar-refractivity contribution in [3.8, 4) is 0 Å². The van der Waals surface area contributed by atoms with E-state index < -0.39 is 26.0 Å². The molecule has 0 aliphatic heterocycles. The number of hydrogen-bond acceptors (Lipinski definition) is 5. The van der Waals surface area contributed by atoms with Crippen LogP contribution in [0.3, 0.4) is 0 Å². The van der Waals surface area contributed by atoms with Crippen molar-refractivity contribution in [3.05, 3.63) is 96.1 Å². The molecule has 4 rings (SSSR count). The average Bonchev–Trinajstić information content (AvgIpc) is 2.80. The summed E-state index contributed by atoms with van der Waals surface area (Å²) >= 11 is 0. The summed E-state index contributed by atoms with van der Waals surface area (Å²) in [7, 11) is -7.36. The molecular formula is C25H23N3O5S2. The van der Waals surface area contributed by atoms with Crippen molar-refractivity contribution in [2.75, 3.05) is 21.0 Å². The second-order valence-corrected chi connectivity index (χ2v) is 11.4. The van der Waals surface area contributed by atoms with Gasteiger partial charge in [0.15, 0.2) is 0 Å². The van der Waals surface area contributed by atoms with Crippen molar-refractivity contribution < 1.29 is 21.6 Å². The first-order valence-electron chi connectivity index (χ1n) is 10.5. The zero-order valence-electron chi connectivity index (χ0n) is 18.9. The molecule has 0 radical (unpaired) electrons. The third-order valence-corrected chi connectivity index (χ3v) is 7.22. The molecule has 0 atom stereocenters. The van der Waals surface area contributed by atoms with Crippen molar-refractivity contribution in [3.63, 3.8) is 0 Å². The number of rotatable bonds is 7. The third kappa shape index (κ3) is 5.79. The van der Waals surface area contributed by atoms with Gasteiger partial charge in [-0.2, -0.15) is 0 Å². The summed E-state index contributed by atoms with van der Waals surface area (Å²) in [6.07, 6.45) is 1.03. The van der Waals surface area contributed by atoms with Gasteiger partial charge in [-0.3, -0.25) is 14.2 Å². The number of aryl methyl sites for hydroxylation is 1. The number of fused-ring (bicyclic) bond motifs is 1. The highest BCUT2D eigenvalue weighted by Crippen LogP contribution is 2.26. The molecule has 0 heterocycles. The minimum Gasteiger partial charge on any atom is -0.322 e. The molecule has 4 aromatic rings. The summed E-state index contributed by atoms with van der Waals surface area (Å²) in [5.74, 6) is -0.467. The lowest BCUT2D eigenvalue weighted by molar-refractivity contribution is 0.102. The van der Waals surface area contributed by atoms with Gasteiger partial charge < -0.3 is 5.32 Å². The second kappa shape index (κ2) is 9.40. The molecule has 3 N–H and O–H groups in total. The quantitative estimate of drug-likeness (QED) is 0.337. The summed E-state index contributed by atoms with van der Waals surface area (Å²) in [4.78, 5) is 12.7. The predicted octanol–water partition coefficient (Wildman–Crippen LogP) is 4.57. The first kappa shape index (κ1) is 24.2. The molecule has 0 unspecified atom stereocenters. The lowest BCUT2D eigenvalue weighted by Crippen LogP contribution is -2.15. The lowest BCUT2D eigenvalue weighted by Gasteiger charge is -2.12. The maximum Gasteiger partial charge on any atom is 0.261 e. The number of nitrogens with one attached hydrogen (secondary N) is 3. The van der Waals surface area contributed by atoms with Crippen LogP contribution in [0.4, 0.5) is 17.1 Å². The normalized spacial score (nSPS) is 11.7. The first-order valence-corrected chi connectivity index (χ1v) is 13.9. The Morgan fingerprint density at radius 1 is 0.743 bits per heavy atom. The van der Waals surface area contributed by atoms with Crippen molar-refractivity contribution in [2.45, 2.75) is 11.8 Å². The lowest BCUT2D eigenvalue weighted by atomic mass is 10.1. The Morgan fingerprint density at radius 2 is 1.43 bits per heavy atom. The van der Waals surface area contributed by atoms with Gasteiger partial charge in [0.25, 0.3) is 15.9 Å². The van der Waals surface area contributed by atoms with E-state index in [1.807, 2.05) is 30.3 Å². The van der Waals surface area contributed by atoms with Crippen molar-refractivity contribution >= 4 is 53.8 Å². The van der Waals surface area contributed by atoms with Crippen molar-refractivity contribution in [1.29, 1.82) is 0 Å². The summed E-state index contributed by atoms with van der Waals surface area (Å²) in [6.45, 7) is 1.72. The maximum atomic E-state index is 12.9. The largest absolute Gasteiger partial charge is 0.322 e. The van der Waals surface area contributed by atoms with Gasteiger partial charge in [-0.1, -0.05) is 42.5 Å². The topological polar surface area (TPSA) is 121 Å². The Morgan fingerprint density at radius 3 is 2.14 bits per heavy atom. The van der Waals surface area contributed by atoms with Crippen molar-refractivity contribution in [2.24, 2.45) is 0 Å². The van der Waals surface area contributed by atoms with E-state index in [9.17, 15) is 21.6 Å². The number of anilines is 3. The molecule has 0 aliphatic carbocycles. The van der Waals surface area contributed by atoms with Crippen molar-refractivity contribution in [1.82, 2.24) is 0 Å². The van der Waals surface area contributed by atoms with Gasteiger partial charge >= 0.3 is 0 Å². The molecule has 0 saturated carbocycles. The first-order chi connectivity index (χ1) is 16.5. The monoisotopic (exact) mass is 509 g/mol. The molecule has 4 aromatic carbocycles. The molecule has 0 aliphatic rings. The maximum absolute atomic E-state index is 12.9. The zero-order chi connectivity index (χ0) is 25.2. The molecule has 0 bridgehead atoms. The minimum atomic E-state index is -3.86. The van der Waals surface area contributed by atoms with E-state index in [1.54, 1.807) is 31.2 Å². The van der Waals surface area contributed by atoms with Crippen LogP contribution in [0.2, 0.25) is 0 Å². The number of benzene rings is 4. The number of sulfonamides is 2. The molecule has 180 valence electrons. The summed E-state index contributed by atoms with van der Waals surface area (Å²) in [5, 5.41) is 4.39. The van der Waals surface area contributed by atoms with Gasteiger partial charge in [0.1, 0.15) is 0 Å². The highest BCUT2D eigenvalue weighted by Gasteiger charge is 2.16. The van der Waals surface area contributed by atoms with Crippen LogP contribution in [0.5, 0.6) is 0 Å². The van der Waals surface area contributed by atoms with E-state index in [2.05, 4.69) is 14.8 Å². The number of hydrogen-bond donors (Lipinski definition) is 3. The van der Waals surface area contributed by atoms with Crippen LogP contribution in [-0.4, -0.2) is 29.0 Å². The molecular weight excluding hydrogens is 486 g/mol. The van der Waals surface area contributed by atoms with Crippen LogP contribution in [0, 0.1) is 6.92 Å². The summed E-state index contributed by atoms with van der Waals surface area (Å²) in [6, 6.07) is 23.3. The minimum absolute atomic E-state index is 0.0402. The SMILES string of the molecule is Cc1ccc(C(=O)Nc2ccc(S(=O)(=O)Nc3cccc4ccccc34)cc2)cc1NS(C)(=O)=O. The average molecular weight is 510 g/mol. The van der Waals surface area contributed by atoms with E-state index in [1.165, 1.54) is 30.3 Å². The fraction of sp³-hybridized carbons (Fsp3) is 0.0800. The molecule has 8 nitrogen and oxygen atoms in total. The van der Waals surface area contributed by atoms with Crippen LogP contribution < -0.4 is 14.8 Å². The fourth-order valence-electron chi connectivity index (χ4n) is 3.51. The smallest absolute Gasteiger partial charge is 0.261 e. The third-order valence-electron chi connectivity index (χ3n) is 5.25. The molecule has 10 heteroatoms. The summed E-state index contributed by atoms with van der Waals surface area (Å²) < 4.78 is 54.0. The Kier molecular flexibility index (Phi) is 6.51. The molecule has 0 spiro atoms. The Hall–Kier alpha value is -3.89. The molecule has 1 amide bonds.